The van der Waals surface area contributed by atoms with E-state index in [0.29, 0.717) is 13.0 Å². The number of anilines is 1. The van der Waals surface area contributed by atoms with E-state index in [2.05, 4.69) is 16.3 Å². The minimum Gasteiger partial charge on any atom is -0.326 e. The topological polar surface area (TPSA) is 56.1 Å². The average Bonchev–Trinajstić information content (AvgIpc) is 2.66. The van der Waals surface area contributed by atoms with Gasteiger partial charge in [0.25, 0.3) is 0 Å². The third-order valence-electron chi connectivity index (χ3n) is 4.70. The van der Waals surface area contributed by atoms with Gasteiger partial charge in [0.15, 0.2) is 0 Å². The molecular weight excluding hydrogens is 329 g/mol. The maximum absolute atomic E-state index is 13.0. The summed E-state index contributed by atoms with van der Waals surface area (Å²) >= 11 is 0. The van der Waals surface area contributed by atoms with Gasteiger partial charge in [-0.2, -0.15) is 5.26 Å². The maximum atomic E-state index is 13.0. The number of likely N-dealkylation sites (tertiary alicyclic amines) is 1. The quantitative estimate of drug-likeness (QED) is 0.893. The number of amides is 1. The number of carbonyl (C=O) groups excluding carboxylic acids is 1. The summed E-state index contributed by atoms with van der Waals surface area (Å²) < 4.78 is 13.0. The standard InChI is InChI=1S/C21H22FN3O/c22-19-7-3-17(4-8-19)14-25-13-1-2-18(15-25)21(26)24-20-9-5-16(6-10-20)11-12-23/h3-10,18H,1-2,11,13-15H2,(H,24,26)/t18-/m1/s1. The van der Waals surface area contributed by atoms with Crippen LogP contribution >= 0.6 is 0 Å². The maximum Gasteiger partial charge on any atom is 0.228 e. The summed E-state index contributed by atoms with van der Waals surface area (Å²) in [5, 5.41) is 11.7. The van der Waals surface area contributed by atoms with Gasteiger partial charge in [-0.25, -0.2) is 4.39 Å². The molecule has 26 heavy (non-hydrogen) atoms. The molecule has 0 radical (unpaired) electrons. The molecule has 134 valence electrons. The van der Waals surface area contributed by atoms with Crippen LogP contribution in [-0.4, -0.2) is 23.9 Å². The molecule has 0 aliphatic carbocycles. The minimum absolute atomic E-state index is 0.0295. The van der Waals surface area contributed by atoms with Crippen molar-refractivity contribution in [3.8, 4) is 6.07 Å². The Kier molecular flexibility index (Phi) is 5.98. The summed E-state index contributed by atoms with van der Waals surface area (Å²) in [4.78, 5) is 14.8. The molecule has 1 fully saturated rings. The molecule has 1 aliphatic rings. The van der Waals surface area contributed by atoms with Crippen LogP contribution in [0.1, 0.15) is 24.0 Å². The van der Waals surface area contributed by atoms with Crippen LogP contribution in [0.5, 0.6) is 0 Å². The molecule has 2 aromatic carbocycles. The fraction of sp³-hybridized carbons (Fsp3) is 0.333. The highest BCUT2D eigenvalue weighted by Gasteiger charge is 2.25. The zero-order chi connectivity index (χ0) is 18.4. The molecule has 1 aliphatic heterocycles. The first-order valence-electron chi connectivity index (χ1n) is 8.87. The van der Waals surface area contributed by atoms with Gasteiger partial charge in [-0.1, -0.05) is 24.3 Å². The lowest BCUT2D eigenvalue weighted by Gasteiger charge is -2.32. The Hall–Kier alpha value is -2.71. The Bertz CT molecular complexity index is 780. The summed E-state index contributed by atoms with van der Waals surface area (Å²) in [6.07, 6.45) is 2.22. The molecule has 1 heterocycles. The van der Waals surface area contributed by atoms with Crippen molar-refractivity contribution >= 4 is 11.6 Å². The van der Waals surface area contributed by atoms with Crippen LogP contribution < -0.4 is 5.32 Å². The van der Waals surface area contributed by atoms with Gasteiger partial charge in [0.05, 0.1) is 18.4 Å². The number of rotatable bonds is 5. The third-order valence-corrected chi connectivity index (χ3v) is 4.70. The molecule has 5 heteroatoms. The van der Waals surface area contributed by atoms with Crippen LogP contribution in [-0.2, 0) is 17.8 Å². The lowest BCUT2D eigenvalue weighted by atomic mass is 9.96. The molecule has 1 atom stereocenters. The van der Waals surface area contributed by atoms with Gasteiger partial charge in [-0.3, -0.25) is 9.69 Å². The number of piperidine rings is 1. The number of benzene rings is 2. The normalized spacial score (nSPS) is 17.5. The second-order valence-electron chi connectivity index (χ2n) is 6.72. The van der Waals surface area contributed by atoms with E-state index < -0.39 is 0 Å². The van der Waals surface area contributed by atoms with Gasteiger partial charge in [0.2, 0.25) is 5.91 Å². The van der Waals surface area contributed by atoms with E-state index in [9.17, 15) is 9.18 Å². The lowest BCUT2D eigenvalue weighted by Crippen LogP contribution is -2.40. The van der Waals surface area contributed by atoms with Crippen LogP contribution in [0.25, 0.3) is 0 Å². The van der Waals surface area contributed by atoms with Crippen molar-refractivity contribution in [2.75, 3.05) is 18.4 Å². The highest BCUT2D eigenvalue weighted by atomic mass is 19.1. The molecule has 1 amide bonds. The van der Waals surface area contributed by atoms with E-state index in [1.807, 2.05) is 24.3 Å². The molecule has 1 saturated heterocycles. The fourth-order valence-corrected chi connectivity index (χ4v) is 3.30. The van der Waals surface area contributed by atoms with Crippen LogP contribution in [0, 0.1) is 23.1 Å². The summed E-state index contributed by atoms with van der Waals surface area (Å²) in [5.74, 6) is -0.254. The van der Waals surface area contributed by atoms with Crippen molar-refractivity contribution in [1.82, 2.24) is 4.90 Å². The van der Waals surface area contributed by atoms with E-state index in [-0.39, 0.29) is 17.6 Å². The van der Waals surface area contributed by atoms with E-state index >= 15 is 0 Å². The number of carbonyl (C=O) groups is 1. The molecule has 1 N–H and O–H groups in total. The zero-order valence-electron chi connectivity index (χ0n) is 14.6. The van der Waals surface area contributed by atoms with Crippen molar-refractivity contribution < 1.29 is 9.18 Å². The largest absolute Gasteiger partial charge is 0.326 e. The minimum atomic E-state index is -0.231. The summed E-state index contributed by atoms with van der Waals surface area (Å²) in [5.41, 5.74) is 2.75. The monoisotopic (exact) mass is 351 g/mol. The number of hydrogen-bond donors (Lipinski definition) is 1. The fourth-order valence-electron chi connectivity index (χ4n) is 3.30. The summed E-state index contributed by atoms with van der Waals surface area (Å²) in [6, 6.07) is 16.0. The second-order valence-corrected chi connectivity index (χ2v) is 6.72. The Morgan fingerprint density at radius 1 is 1.15 bits per heavy atom. The first-order valence-corrected chi connectivity index (χ1v) is 8.87. The van der Waals surface area contributed by atoms with Crippen molar-refractivity contribution in [3.05, 3.63) is 65.5 Å². The molecule has 3 rings (SSSR count). The van der Waals surface area contributed by atoms with Crippen LogP contribution in [0.2, 0.25) is 0 Å². The van der Waals surface area contributed by atoms with Crippen LogP contribution in [0.4, 0.5) is 10.1 Å². The number of nitriles is 1. The van der Waals surface area contributed by atoms with Gasteiger partial charge in [0.1, 0.15) is 5.82 Å². The van der Waals surface area contributed by atoms with Crippen molar-refractivity contribution in [2.24, 2.45) is 5.92 Å². The van der Waals surface area contributed by atoms with Gasteiger partial charge in [0, 0.05) is 18.8 Å². The van der Waals surface area contributed by atoms with Crippen molar-refractivity contribution in [3.63, 3.8) is 0 Å². The molecule has 4 nitrogen and oxygen atoms in total. The molecule has 0 saturated carbocycles. The average molecular weight is 351 g/mol. The first-order chi connectivity index (χ1) is 12.6. The van der Waals surface area contributed by atoms with Gasteiger partial charge in [-0.05, 0) is 54.8 Å². The zero-order valence-corrected chi connectivity index (χ0v) is 14.6. The predicted molar refractivity (Wildman–Crippen MR) is 98.8 cm³/mol. The van der Waals surface area contributed by atoms with E-state index in [4.69, 9.17) is 5.26 Å². The Balaban J connectivity index is 1.55. The van der Waals surface area contributed by atoms with Crippen molar-refractivity contribution in [1.29, 1.82) is 5.26 Å². The third kappa shape index (κ3) is 4.90. The molecular formula is C21H22FN3O. The van der Waals surface area contributed by atoms with Gasteiger partial charge < -0.3 is 5.32 Å². The smallest absolute Gasteiger partial charge is 0.228 e. The number of nitrogens with zero attached hydrogens (tertiary/aromatic N) is 2. The SMILES string of the molecule is N#CCc1ccc(NC(=O)[C@@H]2CCCN(Cc3ccc(F)cc3)C2)cc1. The molecule has 0 bridgehead atoms. The Morgan fingerprint density at radius 2 is 1.85 bits per heavy atom. The number of halogens is 1. The Labute approximate surface area is 153 Å². The lowest BCUT2D eigenvalue weighted by molar-refractivity contribution is -0.121. The summed E-state index contributed by atoms with van der Waals surface area (Å²) in [7, 11) is 0. The van der Waals surface area contributed by atoms with Crippen LogP contribution in [0.15, 0.2) is 48.5 Å². The summed E-state index contributed by atoms with van der Waals surface area (Å²) in [6.45, 7) is 2.38. The van der Waals surface area contributed by atoms with Gasteiger partial charge >= 0.3 is 0 Å². The molecule has 2 aromatic rings. The Morgan fingerprint density at radius 3 is 2.54 bits per heavy atom. The molecule has 0 spiro atoms. The predicted octanol–water partition coefficient (Wildman–Crippen LogP) is 3.74. The van der Waals surface area contributed by atoms with E-state index in [1.165, 1.54) is 12.1 Å². The highest BCUT2D eigenvalue weighted by molar-refractivity contribution is 5.92. The van der Waals surface area contributed by atoms with E-state index in [1.54, 1.807) is 12.1 Å². The van der Waals surface area contributed by atoms with Crippen LogP contribution in [0.3, 0.4) is 0 Å². The highest BCUT2D eigenvalue weighted by Crippen LogP contribution is 2.21. The van der Waals surface area contributed by atoms with Gasteiger partial charge in [-0.15, -0.1) is 0 Å². The second kappa shape index (κ2) is 8.59. The number of hydrogen-bond acceptors (Lipinski definition) is 3. The van der Waals surface area contributed by atoms with Crippen molar-refractivity contribution in [2.45, 2.75) is 25.8 Å². The van der Waals surface area contributed by atoms with E-state index in [0.717, 1.165) is 42.7 Å². The molecule has 0 unspecified atom stereocenters. The molecule has 0 aromatic heterocycles. The first kappa shape index (κ1) is 18.1. The number of nitrogens with one attached hydrogen (secondary N) is 1.